The summed E-state index contributed by atoms with van der Waals surface area (Å²) in [6, 6.07) is 0. The van der Waals surface area contributed by atoms with Crippen molar-refractivity contribution in [1.82, 2.24) is 0 Å². The van der Waals surface area contributed by atoms with Crippen molar-refractivity contribution >= 4 is 5.78 Å². The number of ether oxygens (including phenoxy) is 1. The van der Waals surface area contributed by atoms with E-state index in [1.54, 1.807) is 7.11 Å². The summed E-state index contributed by atoms with van der Waals surface area (Å²) in [7, 11) is 1.75. The van der Waals surface area contributed by atoms with Crippen molar-refractivity contribution in [3.63, 3.8) is 0 Å². The lowest BCUT2D eigenvalue weighted by atomic mass is 10.0. The fourth-order valence-electron chi connectivity index (χ4n) is 3.43. The highest BCUT2D eigenvalue weighted by atomic mass is 16.5. The molecule has 0 amide bonds. The van der Waals surface area contributed by atoms with E-state index in [0.29, 0.717) is 5.78 Å². The number of carbonyl (C=O) groups excluding carboxylic acids is 1. The molecule has 0 N–H and O–H groups in total. The minimum absolute atomic E-state index is 0.391. The fraction of sp³-hybridized carbons (Fsp3) is 0.826. The van der Waals surface area contributed by atoms with Crippen LogP contribution in [0.15, 0.2) is 11.6 Å². The zero-order valence-electron chi connectivity index (χ0n) is 16.9. The van der Waals surface area contributed by atoms with Crippen LogP contribution in [0.5, 0.6) is 0 Å². The van der Waals surface area contributed by atoms with Gasteiger partial charge in [0.15, 0.2) is 0 Å². The molecule has 1 aliphatic carbocycles. The number of hydrogen-bond acceptors (Lipinski definition) is 2. The molecule has 145 valence electrons. The molecule has 2 nitrogen and oxygen atoms in total. The number of rotatable bonds is 19. The normalized spacial score (nSPS) is 13.9. The second kappa shape index (κ2) is 15.6. The molecule has 1 rings (SSSR count). The second-order valence-corrected chi connectivity index (χ2v) is 7.60. The molecular formula is C23H41O2. The number of unbranched alkanes of at least 4 members (excludes halogenated alkanes) is 12. The number of hydrogen-bond donors (Lipinski definition) is 0. The van der Waals surface area contributed by atoms with Crippen molar-refractivity contribution in [3.8, 4) is 0 Å². The molecule has 0 aliphatic heterocycles. The highest BCUT2D eigenvalue weighted by Gasteiger charge is 2.31. The van der Waals surface area contributed by atoms with Crippen molar-refractivity contribution in [2.24, 2.45) is 0 Å². The Labute approximate surface area is 156 Å². The van der Waals surface area contributed by atoms with E-state index < -0.39 is 0 Å². The molecule has 0 aromatic heterocycles. The van der Waals surface area contributed by atoms with E-state index in [1.165, 1.54) is 82.6 Å². The standard InChI is InChI=1S/C23H41O2/c1-3-4-5-6-7-8-9-11-14-17-21-20-22(21)23(24)18-15-12-10-13-16-19-25-2/h20H,3-19H2,1-2H3. The highest BCUT2D eigenvalue weighted by Crippen LogP contribution is 2.37. The van der Waals surface area contributed by atoms with Crippen LogP contribution < -0.4 is 0 Å². The van der Waals surface area contributed by atoms with Crippen LogP contribution in [-0.4, -0.2) is 19.5 Å². The molecule has 1 radical (unpaired) electrons. The van der Waals surface area contributed by atoms with Crippen LogP contribution in [-0.2, 0) is 9.53 Å². The first-order valence-electron chi connectivity index (χ1n) is 10.9. The van der Waals surface area contributed by atoms with Crippen LogP contribution >= 0.6 is 0 Å². The highest BCUT2D eigenvalue weighted by molar-refractivity contribution is 6.04. The number of allylic oxidation sites excluding steroid dienone is 2. The number of Topliss-reactive ketones (excluding diaryl/α,β-unsaturated/α-hetero) is 1. The Morgan fingerprint density at radius 2 is 1.36 bits per heavy atom. The topological polar surface area (TPSA) is 26.3 Å². The van der Waals surface area contributed by atoms with Crippen LogP contribution in [0.25, 0.3) is 0 Å². The van der Waals surface area contributed by atoms with E-state index in [9.17, 15) is 4.79 Å². The zero-order chi connectivity index (χ0) is 18.2. The smallest absolute Gasteiger partial charge is 0.148 e. The minimum atomic E-state index is 0.391. The summed E-state index contributed by atoms with van der Waals surface area (Å²) in [5.74, 6) is 1.46. The minimum Gasteiger partial charge on any atom is -0.385 e. The lowest BCUT2D eigenvalue weighted by Gasteiger charge is -2.03. The van der Waals surface area contributed by atoms with E-state index in [2.05, 4.69) is 13.0 Å². The lowest BCUT2D eigenvalue weighted by Crippen LogP contribution is -2.01. The Morgan fingerprint density at radius 1 is 0.800 bits per heavy atom. The van der Waals surface area contributed by atoms with Crippen molar-refractivity contribution in [1.29, 1.82) is 0 Å². The first kappa shape index (κ1) is 22.4. The SMILES string of the molecule is CCCCCCCCCCCC1=C[C]1C(=O)CCCCCCCOC. The van der Waals surface area contributed by atoms with Gasteiger partial charge in [-0.25, -0.2) is 0 Å². The third kappa shape index (κ3) is 12.4. The van der Waals surface area contributed by atoms with Gasteiger partial charge >= 0.3 is 0 Å². The molecule has 0 saturated carbocycles. The van der Waals surface area contributed by atoms with Gasteiger partial charge in [0.1, 0.15) is 5.78 Å². The molecule has 0 bridgehead atoms. The van der Waals surface area contributed by atoms with Gasteiger partial charge in [-0.3, -0.25) is 4.79 Å². The molecule has 25 heavy (non-hydrogen) atoms. The molecule has 0 heterocycles. The maximum atomic E-state index is 12.1. The van der Waals surface area contributed by atoms with Crippen molar-refractivity contribution in [2.45, 2.75) is 110 Å². The predicted octanol–water partition coefficient (Wildman–Crippen LogP) is 6.98. The average molecular weight is 350 g/mol. The van der Waals surface area contributed by atoms with Gasteiger partial charge in [-0.2, -0.15) is 0 Å². The van der Waals surface area contributed by atoms with Crippen molar-refractivity contribution in [2.75, 3.05) is 13.7 Å². The van der Waals surface area contributed by atoms with Gasteiger partial charge in [-0.15, -0.1) is 0 Å². The summed E-state index contributed by atoms with van der Waals surface area (Å²) in [6.45, 7) is 3.13. The van der Waals surface area contributed by atoms with E-state index in [4.69, 9.17) is 4.74 Å². The van der Waals surface area contributed by atoms with Crippen LogP contribution in [0.1, 0.15) is 110 Å². The summed E-state index contributed by atoms with van der Waals surface area (Å²) in [6.07, 6.45) is 22.1. The summed E-state index contributed by atoms with van der Waals surface area (Å²) in [5.41, 5.74) is 1.35. The molecule has 2 heteroatoms. The molecule has 0 spiro atoms. The molecule has 0 aromatic carbocycles. The number of methoxy groups -OCH3 is 1. The van der Waals surface area contributed by atoms with Gasteiger partial charge in [0.05, 0.1) is 5.92 Å². The third-order valence-electron chi connectivity index (χ3n) is 5.18. The third-order valence-corrected chi connectivity index (χ3v) is 5.18. The monoisotopic (exact) mass is 349 g/mol. The van der Waals surface area contributed by atoms with E-state index in [1.807, 2.05) is 0 Å². The number of carbonyl (C=O) groups is 1. The summed E-state index contributed by atoms with van der Waals surface area (Å²) < 4.78 is 5.05. The maximum absolute atomic E-state index is 12.1. The Balaban J connectivity index is 1.83. The molecule has 0 fully saturated rings. The zero-order valence-corrected chi connectivity index (χ0v) is 16.9. The molecule has 0 atom stereocenters. The van der Waals surface area contributed by atoms with Crippen molar-refractivity contribution < 1.29 is 9.53 Å². The van der Waals surface area contributed by atoms with Gasteiger partial charge in [0, 0.05) is 20.1 Å². The Hall–Kier alpha value is -0.630. The van der Waals surface area contributed by atoms with Crippen LogP contribution in [0, 0.1) is 5.92 Å². The maximum Gasteiger partial charge on any atom is 0.148 e. The predicted molar refractivity (Wildman–Crippen MR) is 108 cm³/mol. The Bertz CT molecular complexity index is 359. The van der Waals surface area contributed by atoms with Crippen LogP contribution in [0.3, 0.4) is 0 Å². The Kier molecular flexibility index (Phi) is 14.0. The van der Waals surface area contributed by atoms with E-state index in [-0.39, 0.29) is 0 Å². The summed E-state index contributed by atoms with van der Waals surface area (Å²) in [5, 5.41) is 0. The molecular weight excluding hydrogens is 308 g/mol. The van der Waals surface area contributed by atoms with Gasteiger partial charge in [-0.05, 0) is 25.7 Å². The summed E-state index contributed by atoms with van der Waals surface area (Å²) in [4.78, 5) is 12.1. The Morgan fingerprint density at radius 3 is 2.00 bits per heavy atom. The summed E-state index contributed by atoms with van der Waals surface area (Å²) >= 11 is 0. The molecule has 0 aromatic rings. The van der Waals surface area contributed by atoms with Gasteiger partial charge in [0.2, 0.25) is 0 Å². The van der Waals surface area contributed by atoms with Gasteiger partial charge in [-0.1, -0.05) is 89.2 Å². The number of ketones is 1. The molecule has 0 unspecified atom stereocenters. The van der Waals surface area contributed by atoms with Gasteiger partial charge in [0.25, 0.3) is 0 Å². The second-order valence-electron chi connectivity index (χ2n) is 7.60. The largest absolute Gasteiger partial charge is 0.385 e. The van der Waals surface area contributed by atoms with Gasteiger partial charge < -0.3 is 4.74 Å². The quantitative estimate of drug-likeness (QED) is 0.235. The molecule has 0 saturated heterocycles. The first-order valence-corrected chi connectivity index (χ1v) is 10.9. The average Bonchev–Trinajstić information content (AvgIpc) is 3.39. The van der Waals surface area contributed by atoms with Crippen LogP contribution in [0.2, 0.25) is 0 Å². The van der Waals surface area contributed by atoms with E-state index >= 15 is 0 Å². The lowest BCUT2D eigenvalue weighted by molar-refractivity contribution is -0.116. The first-order chi connectivity index (χ1) is 12.3. The van der Waals surface area contributed by atoms with Crippen molar-refractivity contribution in [3.05, 3.63) is 17.6 Å². The van der Waals surface area contributed by atoms with E-state index in [0.717, 1.165) is 38.2 Å². The fourth-order valence-corrected chi connectivity index (χ4v) is 3.43. The molecule has 1 aliphatic rings. The van der Waals surface area contributed by atoms with Crippen LogP contribution in [0.4, 0.5) is 0 Å².